The van der Waals surface area contributed by atoms with Gasteiger partial charge in [0.25, 0.3) is 0 Å². The molecule has 0 bridgehead atoms. The van der Waals surface area contributed by atoms with Crippen LogP contribution >= 0.6 is 0 Å². The first kappa shape index (κ1) is 22.3. The maximum Gasteiger partial charge on any atom is 0.347 e. The molecule has 1 unspecified atom stereocenters. The fourth-order valence-corrected chi connectivity index (χ4v) is 4.81. The fourth-order valence-electron chi connectivity index (χ4n) is 4.81. The minimum absolute atomic E-state index is 0.235. The number of likely N-dealkylation sites (N-methyl/N-ethyl adjacent to an activating group) is 1. The summed E-state index contributed by atoms with van der Waals surface area (Å²) < 4.78 is 6.73. The van der Waals surface area contributed by atoms with E-state index in [2.05, 4.69) is 31.3 Å². The summed E-state index contributed by atoms with van der Waals surface area (Å²) in [5.74, 6) is -0.614. The van der Waals surface area contributed by atoms with Gasteiger partial charge >= 0.3 is 5.97 Å². The van der Waals surface area contributed by atoms with Gasteiger partial charge < -0.3 is 14.3 Å². The molecule has 3 aromatic rings. The van der Waals surface area contributed by atoms with Crippen molar-refractivity contribution in [2.24, 2.45) is 0 Å². The van der Waals surface area contributed by atoms with Crippen LogP contribution < -0.4 is 0 Å². The third-order valence-corrected chi connectivity index (χ3v) is 6.93. The Hall–Kier alpha value is -2.95. The van der Waals surface area contributed by atoms with Crippen molar-refractivity contribution in [3.63, 3.8) is 0 Å². The fraction of sp³-hybridized carbons (Fsp3) is 0.321. The largest absolute Gasteiger partial charge is 0.457 e. The smallest absolute Gasteiger partial charge is 0.347 e. The van der Waals surface area contributed by atoms with Crippen molar-refractivity contribution in [3.05, 3.63) is 108 Å². The van der Waals surface area contributed by atoms with Gasteiger partial charge in [-0.2, -0.15) is 0 Å². The van der Waals surface area contributed by atoms with E-state index in [0.29, 0.717) is 17.7 Å². The highest BCUT2D eigenvalue weighted by molar-refractivity contribution is 5.85. The van der Waals surface area contributed by atoms with Crippen molar-refractivity contribution < 1.29 is 19.1 Å². The zero-order chi connectivity index (χ0) is 22.4. The number of nitrogens with zero attached hydrogens (tertiary/aromatic N) is 1. The molecule has 0 spiro atoms. The van der Waals surface area contributed by atoms with Crippen LogP contribution in [0, 0.1) is 0 Å². The summed E-state index contributed by atoms with van der Waals surface area (Å²) in [5.41, 5.74) is 0.541. The summed E-state index contributed by atoms with van der Waals surface area (Å²) in [6.07, 6.45) is 3.14. The van der Waals surface area contributed by atoms with Crippen molar-refractivity contribution in [3.8, 4) is 0 Å². The molecule has 32 heavy (non-hydrogen) atoms. The summed E-state index contributed by atoms with van der Waals surface area (Å²) >= 11 is 0. The predicted molar refractivity (Wildman–Crippen MR) is 126 cm³/mol. The molecule has 1 fully saturated rings. The highest BCUT2D eigenvalue weighted by Gasteiger charge is 2.44. The Morgan fingerprint density at radius 2 is 1.47 bits per heavy atom. The standard InChI is InChI=1S/C28H32NO3/c1-29(21-19-23-12-5-2-6-13-23)20-11-18-26(29)22-32-27(30)28(31,24-14-7-3-8-15-24)25-16-9-4-10-17-25/h2-10,12-17,26,31H,11,18-22H2,1H3/q+1/t26-,29?/m1/s1. The molecule has 0 amide bonds. The van der Waals surface area contributed by atoms with Crippen molar-refractivity contribution >= 4 is 5.97 Å². The number of likely N-dealkylation sites (tertiary alicyclic amines) is 1. The third-order valence-electron chi connectivity index (χ3n) is 6.93. The average molecular weight is 431 g/mol. The Morgan fingerprint density at radius 3 is 2.03 bits per heavy atom. The monoisotopic (exact) mass is 430 g/mol. The highest BCUT2D eigenvalue weighted by atomic mass is 16.6. The van der Waals surface area contributed by atoms with E-state index in [1.165, 1.54) is 5.56 Å². The van der Waals surface area contributed by atoms with Crippen molar-refractivity contribution in [1.29, 1.82) is 0 Å². The number of carbonyl (C=O) groups excluding carboxylic acids is 1. The minimum Gasteiger partial charge on any atom is -0.457 e. The first-order valence-electron chi connectivity index (χ1n) is 11.4. The molecule has 3 aromatic carbocycles. The van der Waals surface area contributed by atoms with E-state index in [4.69, 9.17) is 4.74 Å². The number of quaternary nitrogens is 1. The number of hydrogen-bond acceptors (Lipinski definition) is 3. The molecule has 0 aliphatic carbocycles. The van der Waals surface area contributed by atoms with E-state index >= 15 is 0 Å². The van der Waals surface area contributed by atoms with Crippen LogP contribution in [-0.4, -0.2) is 48.3 Å². The number of esters is 1. The minimum atomic E-state index is -1.82. The number of rotatable bonds is 8. The Balaban J connectivity index is 1.48. The van der Waals surface area contributed by atoms with Crippen LogP contribution in [0.2, 0.25) is 0 Å². The van der Waals surface area contributed by atoms with Crippen LogP contribution in [0.1, 0.15) is 29.5 Å². The second kappa shape index (κ2) is 9.68. The Kier molecular flexibility index (Phi) is 6.73. The molecular formula is C28H32NO3+. The molecule has 4 rings (SSSR count). The molecule has 1 heterocycles. The Labute approximate surface area is 190 Å². The average Bonchev–Trinajstić information content (AvgIpc) is 3.23. The van der Waals surface area contributed by atoms with Gasteiger partial charge in [-0.1, -0.05) is 91.0 Å². The van der Waals surface area contributed by atoms with E-state index in [0.717, 1.165) is 36.8 Å². The van der Waals surface area contributed by atoms with E-state index in [1.54, 1.807) is 24.3 Å². The van der Waals surface area contributed by atoms with Gasteiger partial charge in [0.15, 0.2) is 0 Å². The van der Waals surface area contributed by atoms with Gasteiger partial charge in [0.1, 0.15) is 12.6 Å². The maximum absolute atomic E-state index is 13.3. The second-order valence-corrected chi connectivity index (χ2v) is 9.00. The first-order valence-corrected chi connectivity index (χ1v) is 11.4. The lowest BCUT2D eigenvalue weighted by Crippen LogP contribution is -2.52. The van der Waals surface area contributed by atoms with E-state index in [-0.39, 0.29) is 6.04 Å². The number of aliphatic hydroxyl groups is 1. The lowest BCUT2D eigenvalue weighted by Gasteiger charge is -2.36. The predicted octanol–water partition coefficient (Wildman–Crippen LogP) is 4.32. The molecule has 1 aliphatic rings. The van der Waals surface area contributed by atoms with E-state index in [9.17, 15) is 9.90 Å². The van der Waals surface area contributed by atoms with Crippen molar-refractivity contribution in [2.45, 2.75) is 30.9 Å². The van der Waals surface area contributed by atoms with Crippen LogP contribution in [0.4, 0.5) is 0 Å². The highest BCUT2D eigenvalue weighted by Crippen LogP contribution is 2.32. The normalized spacial score (nSPS) is 20.8. The van der Waals surface area contributed by atoms with Gasteiger partial charge in [-0.15, -0.1) is 0 Å². The number of ether oxygens (including phenoxy) is 1. The number of carbonyl (C=O) groups is 1. The first-order chi connectivity index (χ1) is 15.5. The molecule has 1 N–H and O–H groups in total. The molecular weight excluding hydrogens is 398 g/mol. The van der Waals surface area contributed by atoms with Crippen LogP contribution in [0.3, 0.4) is 0 Å². The SMILES string of the molecule is C[N+]1(CCc2ccccc2)CCC[C@@H]1COC(=O)C(O)(c1ccccc1)c1ccccc1. The van der Waals surface area contributed by atoms with E-state index in [1.807, 2.05) is 42.5 Å². The summed E-state index contributed by atoms with van der Waals surface area (Å²) in [6.45, 7) is 2.40. The molecule has 0 radical (unpaired) electrons. The Morgan fingerprint density at radius 1 is 0.938 bits per heavy atom. The molecule has 4 nitrogen and oxygen atoms in total. The molecule has 1 aliphatic heterocycles. The van der Waals surface area contributed by atoms with Gasteiger partial charge in [-0.3, -0.25) is 0 Å². The summed E-state index contributed by atoms with van der Waals surface area (Å²) in [4.78, 5) is 13.3. The molecule has 166 valence electrons. The summed E-state index contributed by atoms with van der Waals surface area (Å²) in [6, 6.07) is 28.9. The van der Waals surface area contributed by atoms with E-state index < -0.39 is 11.6 Å². The molecule has 0 aromatic heterocycles. The van der Waals surface area contributed by atoms with Gasteiger partial charge in [0.05, 0.1) is 20.1 Å². The number of benzene rings is 3. The zero-order valence-electron chi connectivity index (χ0n) is 18.7. The van der Waals surface area contributed by atoms with Crippen LogP contribution in [-0.2, 0) is 21.6 Å². The summed E-state index contributed by atoms with van der Waals surface area (Å²) in [7, 11) is 2.26. The van der Waals surface area contributed by atoms with Crippen LogP contribution in [0.25, 0.3) is 0 Å². The molecule has 0 saturated carbocycles. The van der Waals surface area contributed by atoms with Gasteiger partial charge in [-0.25, -0.2) is 4.79 Å². The Bertz CT molecular complexity index is 967. The van der Waals surface area contributed by atoms with Gasteiger partial charge in [0.2, 0.25) is 5.60 Å². The maximum atomic E-state index is 13.3. The molecule has 4 heteroatoms. The van der Waals surface area contributed by atoms with Gasteiger partial charge in [0, 0.05) is 19.3 Å². The lowest BCUT2D eigenvalue weighted by atomic mass is 9.86. The summed E-state index contributed by atoms with van der Waals surface area (Å²) in [5, 5.41) is 11.6. The van der Waals surface area contributed by atoms with Crippen LogP contribution in [0.5, 0.6) is 0 Å². The lowest BCUT2D eigenvalue weighted by molar-refractivity contribution is -0.921. The number of hydrogen-bond donors (Lipinski definition) is 1. The second-order valence-electron chi connectivity index (χ2n) is 9.00. The topological polar surface area (TPSA) is 46.5 Å². The van der Waals surface area contributed by atoms with Crippen LogP contribution in [0.15, 0.2) is 91.0 Å². The third kappa shape index (κ3) is 4.62. The zero-order valence-corrected chi connectivity index (χ0v) is 18.7. The molecule has 1 saturated heterocycles. The van der Waals surface area contributed by atoms with Crippen molar-refractivity contribution in [1.82, 2.24) is 0 Å². The van der Waals surface area contributed by atoms with Crippen molar-refractivity contribution in [2.75, 3.05) is 26.7 Å². The quantitative estimate of drug-likeness (QED) is 0.428. The van der Waals surface area contributed by atoms with Gasteiger partial charge in [-0.05, 0) is 16.7 Å². The molecule has 2 atom stereocenters.